The van der Waals surface area contributed by atoms with E-state index in [4.69, 9.17) is 4.74 Å². The Balaban J connectivity index is 2.00. The fourth-order valence-electron chi connectivity index (χ4n) is 1.99. The van der Waals surface area contributed by atoms with Gasteiger partial charge in [-0.15, -0.1) is 0 Å². The number of rotatable bonds is 7. The van der Waals surface area contributed by atoms with Crippen molar-refractivity contribution in [2.45, 2.75) is 19.8 Å². The van der Waals surface area contributed by atoms with Crippen LogP contribution in [0.15, 0.2) is 59.1 Å². The molecule has 0 aliphatic heterocycles. The number of halogens is 1. The van der Waals surface area contributed by atoms with Gasteiger partial charge in [0.1, 0.15) is 5.75 Å². The number of hydrogen-bond donors (Lipinski definition) is 1. The molecule has 0 spiro atoms. The number of benzene rings is 2. The van der Waals surface area contributed by atoms with Crippen molar-refractivity contribution in [3.63, 3.8) is 0 Å². The highest BCUT2D eigenvalue weighted by Gasteiger charge is 2.02. The number of carbonyl (C=O) groups excluding carboxylic acids is 1. The average Bonchev–Trinajstić information content (AvgIpc) is 2.54. The van der Waals surface area contributed by atoms with Crippen molar-refractivity contribution >= 4 is 33.6 Å². The number of carbonyl (C=O) groups is 1. The molecule has 2 aromatic rings. The second kappa shape index (κ2) is 9.16. The van der Waals surface area contributed by atoms with E-state index in [1.807, 2.05) is 48.5 Å². The summed E-state index contributed by atoms with van der Waals surface area (Å²) in [4.78, 5) is 12.0. The van der Waals surface area contributed by atoms with Crippen molar-refractivity contribution in [2.75, 3.05) is 11.9 Å². The zero-order chi connectivity index (χ0) is 16.5. The third-order valence-corrected chi connectivity index (χ3v) is 3.67. The minimum Gasteiger partial charge on any atom is -0.493 e. The number of para-hydroxylation sites is 1. The molecule has 0 aliphatic rings. The first-order valence-electron chi connectivity index (χ1n) is 7.65. The molecule has 0 radical (unpaired) electrons. The van der Waals surface area contributed by atoms with Crippen LogP contribution >= 0.6 is 15.9 Å². The van der Waals surface area contributed by atoms with Gasteiger partial charge in [0.25, 0.3) is 0 Å². The second-order valence-corrected chi connectivity index (χ2v) is 5.99. The molecule has 1 amide bonds. The van der Waals surface area contributed by atoms with Gasteiger partial charge in [-0.2, -0.15) is 0 Å². The van der Waals surface area contributed by atoms with E-state index in [9.17, 15) is 4.79 Å². The Bertz CT molecular complexity index is 683. The van der Waals surface area contributed by atoms with Gasteiger partial charge in [-0.1, -0.05) is 53.5 Å². The lowest BCUT2D eigenvalue weighted by atomic mass is 10.2. The van der Waals surface area contributed by atoms with E-state index < -0.39 is 0 Å². The molecule has 120 valence electrons. The van der Waals surface area contributed by atoms with Crippen LogP contribution in [0.3, 0.4) is 0 Å². The highest BCUT2D eigenvalue weighted by molar-refractivity contribution is 9.10. The summed E-state index contributed by atoms with van der Waals surface area (Å²) < 4.78 is 6.68. The van der Waals surface area contributed by atoms with Crippen molar-refractivity contribution in [1.82, 2.24) is 0 Å². The number of nitrogens with one attached hydrogen (secondary N) is 1. The molecule has 3 nitrogen and oxygen atoms in total. The van der Waals surface area contributed by atoms with Gasteiger partial charge in [0.2, 0.25) is 5.91 Å². The van der Waals surface area contributed by atoms with E-state index in [0.29, 0.717) is 6.61 Å². The minimum absolute atomic E-state index is 0.175. The molecule has 0 bridgehead atoms. The molecule has 2 rings (SSSR count). The molecule has 0 saturated carbocycles. The number of anilines is 1. The molecule has 0 fully saturated rings. The van der Waals surface area contributed by atoms with Gasteiger partial charge in [-0.25, -0.2) is 0 Å². The summed E-state index contributed by atoms with van der Waals surface area (Å²) in [6, 6.07) is 15.2. The third-order valence-electron chi connectivity index (χ3n) is 3.18. The lowest BCUT2D eigenvalue weighted by Gasteiger charge is -2.08. The maximum atomic E-state index is 12.0. The van der Waals surface area contributed by atoms with Gasteiger partial charge in [0.15, 0.2) is 0 Å². The topological polar surface area (TPSA) is 38.3 Å². The first kappa shape index (κ1) is 17.3. The quantitative estimate of drug-likeness (QED) is 0.529. The van der Waals surface area contributed by atoms with Gasteiger partial charge in [0.05, 0.1) is 6.61 Å². The smallest absolute Gasteiger partial charge is 0.248 e. The van der Waals surface area contributed by atoms with Gasteiger partial charge in [0, 0.05) is 21.8 Å². The predicted molar refractivity (Wildman–Crippen MR) is 98.7 cm³/mol. The molecule has 0 heterocycles. The lowest BCUT2D eigenvalue weighted by molar-refractivity contribution is -0.111. The highest BCUT2D eigenvalue weighted by atomic mass is 79.9. The van der Waals surface area contributed by atoms with Crippen LogP contribution in [0.25, 0.3) is 6.08 Å². The fraction of sp³-hybridized carbons (Fsp3) is 0.211. The summed E-state index contributed by atoms with van der Waals surface area (Å²) in [5, 5.41) is 2.83. The van der Waals surface area contributed by atoms with Crippen LogP contribution in [0.4, 0.5) is 5.69 Å². The first-order chi connectivity index (χ1) is 11.2. The van der Waals surface area contributed by atoms with E-state index >= 15 is 0 Å². The normalized spacial score (nSPS) is 10.7. The van der Waals surface area contributed by atoms with Crippen molar-refractivity contribution in [3.05, 3.63) is 64.6 Å². The Hall–Kier alpha value is -2.07. The molecular formula is C19H20BrNO2. The van der Waals surface area contributed by atoms with E-state index in [1.165, 1.54) is 6.08 Å². The van der Waals surface area contributed by atoms with Crippen molar-refractivity contribution < 1.29 is 9.53 Å². The number of amides is 1. The summed E-state index contributed by atoms with van der Waals surface area (Å²) in [6.07, 6.45) is 5.39. The second-order valence-electron chi connectivity index (χ2n) is 5.07. The van der Waals surface area contributed by atoms with Crippen LogP contribution < -0.4 is 10.1 Å². The Labute approximate surface area is 145 Å². The summed E-state index contributed by atoms with van der Waals surface area (Å²) >= 11 is 3.38. The molecule has 2 aromatic carbocycles. The Kier molecular flexibility index (Phi) is 6.88. The van der Waals surface area contributed by atoms with Gasteiger partial charge >= 0.3 is 0 Å². The maximum absolute atomic E-state index is 12.0. The van der Waals surface area contributed by atoms with Gasteiger partial charge in [-0.3, -0.25) is 4.79 Å². The molecule has 0 aromatic heterocycles. The average molecular weight is 374 g/mol. The molecular weight excluding hydrogens is 354 g/mol. The molecule has 0 unspecified atom stereocenters. The van der Waals surface area contributed by atoms with Crippen LogP contribution in [0.5, 0.6) is 5.75 Å². The molecule has 4 heteroatoms. The van der Waals surface area contributed by atoms with E-state index in [2.05, 4.69) is 28.2 Å². The number of unbranched alkanes of at least 4 members (excludes halogenated alkanes) is 1. The molecule has 0 saturated heterocycles. The third kappa shape index (κ3) is 5.91. The standard InChI is InChI=1S/C19H20BrNO2/c1-2-3-13-23-18-10-5-4-7-15(18)11-12-19(22)21-17-9-6-8-16(20)14-17/h4-12,14H,2-3,13H2,1H3,(H,21,22)/b12-11+. The Morgan fingerprint density at radius 3 is 2.83 bits per heavy atom. The summed E-state index contributed by atoms with van der Waals surface area (Å²) in [6.45, 7) is 2.81. The molecule has 23 heavy (non-hydrogen) atoms. The van der Waals surface area contributed by atoms with Crippen LogP contribution in [-0.4, -0.2) is 12.5 Å². The van der Waals surface area contributed by atoms with E-state index in [-0.39, 0.29) is 5.91 Å². The highest BCUT2D eigenvalue weighted by Crippen LogP contribution is 2.20. The number of ether oxygens (including phenoxy) is 1. The van der Waals surface area contributed by atoms with E-state index in [0.717, 1.165) is 34.3 Å². The zero-order valence-corrected chi connectivity index (χ0v) is 14.7. The SMILES string of the molecule is CCCCOc1ccccc1/C=C/C(=O)Nc1cccc(Br)c1. The maximum Gasteiger partial charge on any atom is 0.248 e. The Morgan fingerprint density at radius 2 is 2.04 bits per heavy atom. The van der Waals surface area contributed by atoms with Crippen molar-refractivity contribution in [1.29, 1.82) is 0 Å². The zero-order valence-electron chi connectivity index (χ0n) is 13.1. The van der Waals surface area contributed by atoms with Crippen LogP contribution in [-0.2, 0) is 4.79 Å². The number of hydrogen-bond acceptors (Lipinski definition) is 2. The minimum atomic E-state index is -0.175. The summed E-state index contributed by atoms with van der Waals surface area (Å²) in [5.74, 6) is 0.624. The van der Waals surface area contributed by atoms with Crippen molar-refractivity contribution in [3.8, 4) is 5.75 Å². The molecule has 1 N–H and O–H groups in total. The van der Waals surface area contributed by atoms with Crippen LogP contribution in [0.2, 0.25) is 0 Å². The Morgan fingerprint density at radius 1 is 1.22 bits per heavy atom. The monoisotopic (exact) mass is 373 g/mol. The van der Waals surface area contributed by atoms with Crippen LogP contribution in [0, 0.1) is 0 Å². The lowest BCUT2D eigenvalue weighted by Crippen LogP contribution is -2.07. The van der Waals surface area contributed by atoms with Crippen molar-refractivity contribution in [2.24, 2.45) is 0 Å². The van der Waals surface area contributed by atoms with E-state index in [1.54, 1.807) is 6.08 Å². The first-order valence-corrected chi connectivity index (χ1v) is 8.45. The fourth-order valence-corrected chi connectivity index (χ4v) is 2.39. The molecule has 0 atom stereocenters. The predicted octanol–water partition coefficient (Wildman–Crippen LogP) is 5.28. The molecule has 0 aliphatic carbocycles. The van der Waals surface area contributed by atoms with Crippen LogP contribution in [0.1, 0.15) is 25.3 Å². The van der Waals surface area contributed by atoms with Gasteiger partial charge < -0.3 is 10.1 Å². The summed E-state index contributed by atoms with van der Waals surface area (Å²) in [5.41, 5.74) is 1.65. The summed E-state index contributed by atoms with van der Waals surface area (Å²) in [7, 11) is 0. The van der Waals surface area contributed by atoms with Gasteiger partial charge in [-0.05, 0) is 36.8 Å². The largest absolute Gasteiger partial charge is 0.493 e.